The molecule has 1 aliphatic heterocycles. The summed E-state index contributed by atoms with van der Waals surface area (Å²) < 4.78 is 0. The van der Waals surface area contributed by atoms with Crippen molar-refractivity contribution < 1.29 is 0 Å². The summed E-state index contributed by atoms with van der Waals surface area (Å²) in [5.41, 5.74) is 1.42. The monoisotopic (exact) mass is 254 g/mol. The highest BCUT2D eigenvalue weighted by atomic mass is 32.2. The molecule has 2 nitrogen and oxygen atoms in total. The summed E-state index contributed by atoms with van der Waals surface area (Å²) in [6, 6.07) is 2.19. The van der Waals surface area contributed by atoms with E-state index in [0.717, 1.165) is 24.7 Å². The van der Waals surface area contributed by atoms with Crippen LogP contribution in [0.25, 0.3) is 0 Å². The van der Waals surface area contributed by atoms with Crippen molar-refractivity contribution in [2.24, 2.45) is 4.99 Å². The first-order valence-corrected chi connectivity index (χ1v) is 7.66. The van der Waals surface area contributed by atoms with E-state index in [-0.39, 0.29) is 0 Å². The smallest absolute Gasteiger partial charge is 0.156 e. The lowest BCUT2D eigenvalue weighted by Crippen LogP contribution is -2.22. The molecule has 88 valence electrons. The predicted octanol–water partition coefficient (Wildman–Crippen LogP) is 3.15. The van der Waals surface area contributed by atoms with Crippen molar-refractivity contribution in [3.05, 3.63) is 22.4 Å². The standard InChI is InChI=1S/C12H18N2S2/c1-2-3-11-8-14-12(16-11)13-6-4-10-5-7-15-9-10/h5,7,9,11H,2-4,6,8H2,1H3,(H,13,14). The Hall–Kier alpha value is -0.480. The Bertz CT molecular complexity index is 333. The zero-order valence-corrected chi connectivity index (χ0v) is 11.2. The lowest BCUT2D eigenvalue weighted by Gasteiger charge is -2.07. The molecule has 1 aromatic rings. The van der Waals surface area contributed by atoms with Crippen molar-refractivity contribution in [2.75, 3.05) is 13.1 Å². The molecule has 0 bridgehead atoms. The second-order valence-electron chi connectivity index (χ2n) is 3.98. The van der Waals surface area contributed by atoms with E-state index in [1.165, 1.54) is 18.4 Å². The Morgan fingerprint density at radius 1 is 1.56 bits per heavy atom. The molecular formula is C12H18N2S2. The molecule has 1 unspecified atom stereocenters. The first-order valence-electron chi connectivity index (χ1n) is 5.84. The van der Waals surface area contributed by atoms with Gasteiger partial charge in [0.2, 0.25) is 0 Å². The van der Waals surface area contributed by atoms with Gasteiger partial charge in [0.15, 0.2) is 5.17 Å². The van der Waals surface area contributed by atoms with Crippen LogP contribution < -0.4 is 5.32 Å². The average molecular weight is 254 g/mol. The van der Waals surface area contributed by atoms with Crippen LogP contribution in [0.15, 0.2) is 21.8 Å². The van der Waals surface area contributed by atoms with Gasteiger partial charge < -0.3 is 5.32 Å². The second kappa shape index (κ2) is 6.30. The molecule has 0 spiro atoms. The summed E-state index contributed by atoms with van der Waals surface area (Å²) in [4.78, 5) is 4.53. The van der Waals surface area contributed by atoms with Gasteiger partial charge in [-0.2, -0.15) is 11.3 Å². The van der Waals surface area contributed by atoms with E-state index in [4.69, 9.17) is 0 Å². The number of nitrogens with one attached hydrogen (secondary N) is 1. The van der Waals surface area contributed by atoms with Crippen molar-refractivity contribution in [1.29, 1.82) is 0 Å². The van der Waals surface area contributed by atoms with E-state index in [2.05, 4.69) is 34.1 Å². The summed E-state index contributed by atoms with van der Waals surface area (Å²) in [5.74, 6) is 0. The van der Waals surface area contributed by atoms with E-state index >= 15 is 0 Å². The molecule has 0 aromatic carbocycles. The maximum absolute atomic E-state index is 4.53. The van der Waals surface area contributed by atoms with Crippen LogP contribution in [-0.4, -0.2) is 23.5 Å². The number of hydrogen-bond donors (Lipinski definition) is 1. The van der Waals surface area contributed by atoms with Crippen LogP contribution in [0.1, 0.15) is 25.3 Å². The molecule has 2 heterocycles. The largest absolute Gasteiger partial charge is 0.365 e. The predicted molar refractivity (Wildman–Crippen MR) is 74.6 cm³/mol. The minimum Gasteiger partial charge on any atom is -0.365 e. The summed E-state index contributed by atoms with van der Waals surface area (Å²) in [5, 5.41) is 9.64. The van der Waals surface area contributed by atoms with Gasteiger partial charge in [-0.05, 0) is 35.2 Å². The van der Waals surface area contributed by atoms with Gasteiger partial charge in [-0.1, -0.05) is 25.1 Å². The van der Waals surface area contributed by atoms with Crippen LogP contribution in [-0.2, 0) is 6.42 Å². The van der Waals surface area contributed by atoms with Gasteiger partial charge in [-0.15, -0.1) is 0 Å². The molecule has 1 aliphatic rings. The summed E-state index contributed by atoms with van der Waals surface area (Å²) in [6.45, 7) is 4.24. The lowest BCUT2D eigenvalue weighted by molar-refractivity contribution is 0.753. The van der Waals surface area contributed by atoms with Crippen molar-refractivity contribution in [3.63, 3.8) is 0 Å². The summed E-state index contributed by atoms with van der Waals surface area (Å²) >= 11 is 3.68. The van der Waals surface area contributed by atoms with Crippen molar-refractivity contribution >= 4 is 28.3 Å². The molecule has 16 heavy (non-hydrogen) atoms. The Labute approximate surface area is 106 Å². The topological polar surface area (TPSA) is 24.4 Å². The molecule has 0 aliphatic carbocycles. The van der Waals surface area contributed by atoms with Gasteiger partial charge in [0.05, 0.1) is 6.54 Å². The summed E-state index contributed by atoms with van der Waals surface area (Å²) in [7, 11) is 0. The number of amidine groups is 1. The van der Waals surface area contributed by atoms with Gasteiger partial charge in [0.1, 0.15) is 0 Å². The maximum atomic E-state index is 4.53. The molecule has 0 saturated heterocycles. The quantitative estimate of drug-likeness (QED) is 0.873. The van der Waals surface area contributed by atoms with Gasteiger partial charge in [-0.25, -0.2) is 0 Å². The first kappa shape index (κ1) is 12.0. The van der Waals surface area contributed by atoms with Crippen LogP contribution in [0.2, 0.25) is 0 Å². The zero-order chi connectivity index (χ0) is 11.2. The highest BCUT2D eigenvalue weighted by molar-refractivity contribution is 8.14. The minimum absolute atomic E-state index is 0.716. The number of thiophene rings is 1. The van der Waals surface area contributed by atoms with Gasteiger partial charge in [0, 0.05) is 11.8 Å². The van der Waals surface area contributed by atoms with Crippen LogP contribution >= 0.6 is 23.1 Å². The van der Waals surface area contributed by atoms with E-state index in [9.17, 15) is 0 Å². The van der Waals surface area contributed by atoms with E-state index in [1.54, 1.807) is 11.3 Å². The molecule has 2 rings (SSSR count). The van der Waals surface area contributed by atoms with E-state index < -0.39 is 0 Å². The Morgan fingerprint density at radius 2 is 2.50 bits per heavy atom. The van der Waals surface area contributed by atoms with Gasteiger partial charge in [0.25, 0.3) is 0 Å². The normalized spacial score (nSPS) is 19.8. The third kappa shape index (κ3) is 3.52. The molecule has 1 aromatic heterocycles. The van der Waals surface area contributed by atoms with Crippen LogP contribution in [0.3, 0.4) is 0 Å². The average Bonchev–Trinajstić information content (AvgIpc) is 2.90. The number of aliphatic imine (C=N–C) groups is 1. The van der Waals surface area contributed by atoms with Crippen molar-refractivity contribution in [1.82, 2.24) is 5.32 Å². The SMILES string of the molecule is CCCC1CN=C(NCCc2ccsc2)S1. The first-order chi connectivity index (χ1) is 7.88. The minimum atomic E-state index is 0.716. The van der Waals surface area contributed by atoms with E-state index in [0.29, 0.717) is 5.25 Å². The third-order valence-electron chi connectivity index (χ3n) is 2.60. The second-order valence-corrected chi connectivity index (χ2v) is 6.05. The maximum Gasteiger partial charge on any atom is 0.156 e. The molecule has 1 N–H and O–H groups in total. The molecule has 1 atom stereocenters. The van der Waals surface area contributed by atoms with E-state index in [1.807, 2.05) is 11.8 Å². The molecular weight excluding hydrogens is 236 g/mol. The van der Waals surface area contributed by atoms with Crippen molar-refractivity contribution in [3.8, 4) is 0 Å². The third-order valence-corrected chi connectivity index (χ3v) is 4.54. The highest BCUT2D eigenvalue weighted by Crippen LogP contribution is 2.23. The van der Waals surface area contributed by atoms with Crippen LogP contribution in [0.5, 0.6) is 0 Å². The number of rotatable bonds is 5. The van der Waals surface area contributed by atoms with Crippen molar-refractivity contribution in [2.45, 2.75) is 31.4 Å². The number of thioether (sulfide) groups is 1. The fraction of sp³-hybridized carbons (Fsp3) is 0.583. The molecule has 0 saturated carbocycles. The van der Waals surface area contributed by atoms with Crippen LogP contribution in [0.4, 0.5) is 0 Å². The zero-order valence-electron chi connectivity index (χ0n) is 9.61. The lowest BCUT2D eigenvalue weighted by atomic mass is 10.2. The van der Waals surface area contributed by atoms with Crippen LogP contribution in [0, 0.1) is 0 Å². The number of hydrogen-bond acceptors (Lipinski definition) is 4. The van der Waals surface area contributed by atoms with Gasteiger partial charge >= 0.3 is 0 Å². The fourth-order valence-electron chi connectivity index (χ4n) is 1.74. The fourth-order valence-corrected chi connectivity index (χ4v) is 3.59. The summed E-state index contributed by atoms with van der Waals surface area (Å²) in [6.07, 6.45) is 3.64. The number of nitrogens with zero attached hydrogens (tertiary/aromatic N) is 1. The molecule has 4 heteroatoms. The molecule has 0 amide bonds. The van der Waals surface area contributed by atoms with Gasteiger partial charge in [-0.3, -0.25) is 4.99 Å². The Kier molecular flexibility index (Phi) is 4.72. The molecule has 0 fully saturated rings. The Balaban J connectivity index is 1.64. The highest BCUT2D eigenvalue weighted by Gasteiger charge is 2.17. The molecule has 0 radical (unpaired) electrons. The Morgan fingerprint density at radius 3 is 3.25 bits per heavy atom.